The zero-order valence-corrected chi connectivity index (χ0v) is 13.3. The van der Waals surface area contributed by atoms with Gasteiger partial charge in [0.25, 0.3) is 0 Å². The van der Waals surface area contributed by atoms with Crippen molar-refractivity contribution in [2.24, 2.45) is 0 Å². The van der Waals surface area contributed by atoms with E-state index in [0.29, 0.717) is 6.54 Å². The summed E-state index contributed by atoms with van der Waals surface area (Å²) in [5.41, 5.74) is 2.35. The SMILES string of the molecule is CCCCCNC(=O)CNc1ccccc1C(C)(C)C. The molecule has 112 valence electrons. The van der Waals surface area contributed by atoms with Gasteiger partial charge in [-0.25, -0.2) is 0 Å². The second-order valence-electron chi connectivity index (χ2n) is 6.21. The fraction of sp³-hybridized carbons (Fsp3) is 0.588. The molecule has 0 unspecified atom stereocenters. The summed E-state index contributed by atoms with van der Waals surface area (Å²) in [5.74, 6) is 0.0600. The summed E-state index contributed by atoms with van der Waals surface area (Å²) in [7, 11) is 0. The van der Waals surface area contributed by atoms with Crippen LogP contribution in [0.15, 0.2) is 24.3 Å². The van der Waals surface area contributed by atoms with Crippen LogP contribution in [0.25, 0.3) is 0 Å². The quantitative estimate of drug-likeness (QED) is 0.746. The molecular weight excluding hydrogens is 248 g/mol. The van der Waals surface area contributed by atoms with Crippen molar-refractivity contribution in [3.63, 3.8) is 0 Å². The second-order valence-corrected chi connectivity index (χ2v) is 6.21. The molecule has 1 aromatic carbocycles. The molecule has 0 aromatic heterocycles. The van der Waals surface area contributed by atoms with Crippen LogP contribution in [0, 0.1) is 0 Å². The highest BCUT2D eigenvalue weighted by Crippen LogP contribution is 2.28. The van der Waals surface area contributed by atoms with Crippen molar-refractivity contribution in [2.45, 2.75) is 52.4 Å². The lowest BCUT2D eigenvalue weighted by atomic mass is 9.86. The first-order valence-corrected chi connectivity index (χ1v) is 7.55. The van der Waals surface area contributed by atoms with Gasteiger partial charge in [0.2, 0.25) is 5.91 Å². The molecule has 0 aliphatic heterocycles. The number of carbonyl (C=O) groups is 1. The number of unbranched alkanes of at least 4 members (excludes halogenated alkanes) is 2. The average Bonchev–Trinajstić information content (AvgIpc) is 2.40. The number of amides is 1. The van der Waals surface area contributed by atoms with Crippen LogP contribution < -0.4 is 10.6 Å². The lowest BCUT2D eigenvalue weighted by Crippen LogP contribution is -2.31. The zero-order valence-electron chi connectivity index (χ0n) is 13.3. The third-order valence-corrected chi connectivity index (χ3v) is 3.28. The van der Waals surface area contributed by atoms with Crippen LogP contribution in [-0.2, 0) is 10.2 Å². The van der Waals surface area contributed by atoms with Gasteiger partial charge in [0.15, 0.2) is 0 Å². The van der Waals surface area contributed by atoms with Gasteiger partial charge < -0.3 is 10.6 Å². The van der Waals surface area contributed by atoms with Crippen LogP contribution >= 0.6 is 0 Å². The second kappa shape index (κ2) is 7.93. The number of benzene rings is 1. The topological polar surface area (TPSA) is 41.1 Å². The minimum absolute atomic E-state index is 0.0600. The predicted octanol–water partition coefficient (Wildman–Crippen LogP) is 3.70. The van der Waals surface area contributed by atoms with Crippen LogP contribution in [0.3, 0.4) is 0 Å². The molecule has 0 atom stereocenters. The van der Waals surface area contributed by atoms with Gasteiger partial charge in [-0.15, -0.1) is 0 Å². The Morgan fingerprint density at radius 3 is 2.50 bits per heavy atom. The monoisotopic (exact) mass is 276 g/mol. The maximum Gasteiger partial charge on any atom is 0.239 e. The fourth-order valence-electron chi connectivity index (χ4n) is 2.13. The van der Waals surface area contributed by atoms with Gasteiger partial charge in [0.1, 0.15) is 0 Å². The largest absolute Gasteiger partial charge is 0.376 e. The fourth-order valence-corrected chi connectivity index (χ4v) is 2.13. The lowest BCUT2D eigenvalue weighted by molar-refractivity contribution is -0.119. The van der Waals surface area contributed by atoms with Crippen molar-refractivity contribution < 1.29 is 4.79 Å². The van der Waals surface area contributed by atoms with Crippen molar-refractivity contribution in [1.82, 2.24) is 5.32 Å². The molecule has 1 aromatic rings. The molecule has 0 heterocycles. The zero-order chi connectivity index (χ0) is 15.0. The molecular formula is C17H28N2O. The van der Waals surface area contributed by atoms with Gasteiger partial charge in [0, 0.05) is 12.2 Å². The molecule has 0 saturated heterocycles. The molecule has 20 heavy (non-hydrogen) atoms. The first kappa shape index (κ1) is 16.5. The van der Waals surface area contributed by atoms with Crippen molar-refractivity contribution >= 4 is 11.6 Å². The number of anilines is 1. The van der Waals surface area contributed by atoms with Crippen molar-refractivity contribution in [3.8, 4) is 0 Å². The summed E-state index contributed by atoms with van der Waals surface area (Å²) in [4.78, 5) is 11.8. The van der Waals surface area contributed by atoms with Crippen LogP contribution in [0.5, 0.6) is 0 Å². The van der Waals surface area contributed by atoms with E-state index < -0.39 is 0 Å². The Morgan fingerprint density at radius 2 is 1.85 bits per heavy atom. The number of hydrogen-bond acceptors (Lipinski definition) is 2. The molecule has 3 heteroatoms. The van der Waals surface area contributed by atoms with E-state index in [0.717, 1.165) is 18.7 Å². The maximum absolute atomic E-state index is 11.8. The van der Waals surface area contributed by atoms with Gasteiger partial charge in [0.05, 0.1) is 6.54 Å². The van der Waals surface area contributed by atoms with E-state index in [-0.39, 0.29) is 11.3 Å². The molecule has 0 spiro atoms. The molecule has 2 N–H and O–H groups in total. The van der Waals surface area contributed by atoms with Crippen molar-refractivity contribution in [2.75, 3.05) is 18.4 Å². The number of carbonyl (C=O) groups excluding carboxylic acids is 1. The molecule has 0 radical (unpaired) electrons. The average molecular weight is 276 g/mol. The Hall–Kier alpha value is -1.51. The van der Waals surface area contributed by atoms with Crippen molar-refractivity contribution in [3.05, 3.63) is 29.8 Å². The summed E-state index contributed by atoms with van der Waals surface area (Å²) < 4.78 is 0. The molecule has 1 amide bonds. The molecule has 3 nitrogen and oxygen atoms in total. The van der Waals surface area contributed by atoms with Crippen molar-refractivity contribution in [1.29, 1.82) is 0 Å². The Morgan fingerprint density at radius 1 is 1.15 bits per heavy atom. The van der Waals surface area contributed by atoms with Crippen LogP contribution in [0.1, 0.15) is 52.5 Å². The van der Waals surface area contributed by atoms with Gasteiger partial charge >= 0.3 is 0 Å². The highest BCUT2D eigenvalue weighted by atomic mass is 16.1. The first-order valence-electron chi connectivity index (χ1n) is 7.55. The standard InChI is InChI=1S/C17H28N2O/c1-5-6-9-12-18-16(20)13-19-15-11-8-7-10-14(15)17(2,3)4/h7-8,10-11,19H,5-6,9,12-13H2,1-4H3,(H,18,20). The van der Waals surface area contributed by atoms with Crippen LogP contribution in [-0.4, -0.2) is 19.0 Å². The van der Waals surface area contributed by atoms with Crippen LogP contribution in [0.4, 0.5) is 5.69 Å². The Bertz CT molecular complexity index is 421. The van der Waals surface area contributed by atoms with E-state index >= 15 is 0 Å². The summed E-state index contributed by atoms with van der Waals surface area (Å²) in [5, 5.41) is 6.19. The summed E-state index contributed by atoms with van der Waals surface area (Å²) in [6.07, 6.45) is 3.40. The molecule has 0 aliphatic rings. The number of nitrogens with one attached hydrogen (secondary N) is 2. The smallest absolute Gasteiger partial charge is 0.239 e. The Labute approximate surface area is 123 Å². The van der Waals surface area contributed by atoms with Gasteiger partial charge in [-0.1, -0.05) is 58.7 Å². The molecule has 0 aliphatic carbocycles. The van der Waals surface area contributed by atoms with E-state index in [1.165, 1.54) is 18.4 Å². The Kier molecular flexibility index (Phi) is 6.56. The third-order valence-electron chi connectivity index (χ3n) is 3.28. The lowest BCUT2D eigenvalue weighted by Gasteiger charge is -2.23. The van der Waals surface area contributed by atoms with Gasteiger partial charge in [-0.05, 0) is 23.5 Å². The highest BCUT2D eigenvalue weighted by molar-refractivity contribution is 5.81. The van der Waals surface area contributed by atoms with Crippen LogP contribution in [0.2, 0.25) is 0 Å². The first-order chi connectivity index (χ1) is 9.45. The summed E-state index contributed by atoms with van der Waals surface area (Å²) in [6.45, 7) is 9.80. The molecule has 1 rings (SSSR count). The third kappa shape index (κ3) is 5.64. The minimum atomic E-state index is 0.0600. The summed E-state index contributed by atoms with van der Waals surface area (Å²) >= 11 is 0. The van der Waals surface area contributed by atoms with E-state index in [1.807, 2.05) is 18.2 Å². The molecule has 0 bridgehead atoms. The summed E-state index contributed by atoms with van der Waals surface area (Å²) in [6, 6.07) is 8.18. The highest BCUT2D eigenvalue weighted by Gasteiger charge is 2.17. The minimum Gasteiger partial charge on any atom is -0.376 e. The number of hydrogen-bond donors (Lipinski definition) is 2. The predicted molar refractivity (Wildman–Crippen MR) is 86.2 cm³/mol. The molecule has 0 fully saturated rings. The van der Waals surface area contributed by atoms with Gasteiger partial charge in [-0.3, -0.25) is 4.79 Å². The van der Waals surface area contributed by atoms with E-state index in [1.54, 1.807) is 0 Å². The normalized spacial score (nSPS) is 11.2. The van der Waals surface area contributed by atoms with E-state index in [2.05, 4.69) is 44.4 Å². The van der Waals surface area contributed by atoms with E-state index in [9.17, 15) is 4.79 Å². The number of para-hydroxylation sites is 1. The van der Waals surface area contributed by atoms with Gasteiger partial charge in [-0.2, -0.15) is 0 Å². The maximum atomic E-state index is 11.8. The molecule has 0 saturated carbocycles. The number of rotatable bonds is 7. The van der Waals surface area contributed by atoms with E-state index in [4.69, 9.17) is 0 Å². The Balaban J connectivity index is 2.48.